The molecule has 8 nitrogen and oxygen atoms in total. The highest BCUT2D eigenvalue weighted by molar-refractivity contribution is 6.26. The Morgan fingerprint density at radius 1 is 1.00 bits per heavy atom. The number of hydrogen-bond acceptors (Lipinski definition) is 8. The molecule has 9 heteroatoms. The van der Waals surface area contributed by atoms with Crippen LogP contribution in [0.5, 0.6) is 0 Å². The summed E-state index contributed by atoms with van der Waals surface area (Å²) in [6.45, 7) is -1.60. The van der Waals surface area contributed by atoms with E-state index in [1.165, 1.54) is 0 Å². The number of carbonyl (C=O) groups is 2. The minimum absolute atomic E-state index is 0.800. The van der Waals surface area contributed by atoms with Crippen molar-refractivity contribution >= 4 is 27.8 Å². The van der Waals surface area contributed by atoms with Crippen LogP contribution < -0.4 is 0 Å². The van der Waals surface area contributed by atoms with Crippen molar-refractivity contribution in [1.82, 2.24) is 0 Å². The van der Waals surface area contributed by atoms with Gasteiger partial charge in [-0.1, -0.05) is 0 Å². The molecule has 0 aromatic rings. The van der Waals surface area contributed by atoms with E-state index in [4.69, 9.17) is 20.4 Å². The summed E-state index contributed by atoms with van der Waals surface area (Å²) in [5.74, 6) is -2.25. The van der Waals surface area contributed by atoms with E-state index in [2.05, 4.69) is 7.58 Å². The van der Waals surface area contributed by atoms with Crippen LogP contribution in [-0.4, -0.2) is 73.7 Å². The van der Waals surface area contributed by atoms with Crippen molar-refractivity contribution in [2.24, 2.45) is 0 Å². The van der Waals surface area contributed by atoms with E-state index in [1.54, 1.807) is 0 Å². The van der Waals surface area contributed by atoms with Crippen LogP contribution in [0, 0.1) is 0 Å². The Bertz CT molecular complexity index is 197. The highest BCUT2D eigenvalue weighted by Gasteiger charge is 2.22. The first kappa shape index (κ1) is 14.3. The SMILES string of the molecule is O=C([O][Al][O]C(=O)C(O)CO)C(O)CO. The summed E-state index contributed by atoms with van der Waals surface area (Å²) in [6, 6.07) is 0. The lowest BCUT2D eigenvalue weighted by molar-refractivity contribution is -0.151. The van der Waals surface area contributed by atoms with Gasteiger partial charge in [0, 0.05) is 0 Å². The van der Waals surface area contributed by atoms with Crippen molar-refractivity contribution < 1.29 is 37.6 Å². The summed E-state index contributed by atoms with van der Waals surface area (Å²) in [5.41, 5.74) is 0. The first-order valence-electron chi connectivity index (χ1n) is 3.83. The lowest BCUT2D eigenvalue weighted by Crippen LogP contribution is -2.32. The van der Waals surface area contributed by atoms with Crippen LogP contribution in [0.2, 0.25) is 0 Å². The zero-order chi connectivity index (χ0) is 11.8. The quantitative estimate of drug-likeness (QED) is 0.347. The molecule has 1 radical (unpaired) electrons. The van der Waals surface area contributed by atoms with Crippen molar-refractivity contribution in [3.05, 3.63) is 0 Å². The third kappa shape index (κ3) is 5.68. The molecular formula is C6H10AlO8. The van der Waals surface area contributed by atoms with E-state index in [9.17, 15) is 9.59 Å². The van der Waals surface area contributed by atoms with Crippen LogP contribution in [0.15, 0.2) is 0 Å². The van der Waals surface area contributed by atoms with Crippen molar-refractivity contribution in [3.63, 3.8) is 0 Å². The van der Waals surface area contributed by atoms with Gasteiger partial charge in [0.2, 0.25) is 0 Å². The maximum Gasteiger partial charge on any atom is 0.885 e. The van der Waals surface area contributed by atoms with Crippen molar-refractivity contribution in [3.8, 4) is 0 Å². The number of rotatable bonds is 6. The van der Waals surface area contributed by atoms with E-state index >= 15 is 0 Å². The zero-order valence-corrected chi connectivity index (χ0v) is 8.72. The standard InChI is InChI=1S/2C3H6O4.Al/c2*4-1-2(5)3(6)7;/h2*2,4-5H,1H2,(H,6,7);/q;;+2/p-2. The number of aliphatic hydroxyl groups excluding tert-OH is 4. The highest BCUT2D eigenvalue weighted by Crippen LogP contribution is 1.89. The molecule has 0 aliphatic carbocycles. The van der Waals surface area contributed by atoms with Gasteiger partial charge in [-0.25, -0.2) is 0 Å². The van der Waals surface area contributed by atoms with Crippen LogP contribution in [0.4, 0.5) is 0 Å². The van der Waals surface area contributed by atoms with Crippen LogP contribution >= 0.6 is 0 Å². The van der Waals surface area contributed by atoms with Gasteiger partial charge < -0.3 is 28.0 Å². The number of carbonyl (C=O) groups excluding carboxylic acids is 2. The first-order chi connectivity index (χ1) is 7.02. The molecule has 0 aromatic carbocycles. The summed E-state index contributed by atoms with van der Waals surface area (Å²) in [7, 11) is 0. The second-order valence-corrected chi connectivity index (χ2v) is 3.03. The van der Waals surface area contributed by atoms with Crippen molar-refractivity contribution in [2.75, 3.05) is 13.2 Å². The summed E-state index contributed by atoms with van der Waals surface area (Å²) in [5, 5.41) is 34.0. The molecule has 2 atom stereocenters. The topological polar surface area (TPSA) is 134 Å². The van der Waals surface area contributed by atoms with E-state index < -0.39 is 53.2 Å². The van der Waals surface area contributed by atoms with Gasteiger partial charge in [0.15, 0.2) is 12.2 Å². The average Bonchev–Trinajstić information content (AvgIpc) is 2.26. The van der Waals surface area contributed by atoms with Gasteiger partial charge in [-0.15, -0.1) is 0 Å². The predicted molar refractivity (Wildman–Crippen MR) is 44.1 cm³/mol. The molecule has 0 fully saturated rings. The first-order valence-corrected chi connectivity index (χ1v) is 4.77. The van der Waals surface area contributed by atoms with E-state index in [1.807, 2.05) is 0 Å². The third-order valence-electron chi connectivity index (χ3n) is 1.22. The monoisotopic (exact) mass is 237 g/mol. The molecule has 0 bridgehead atoms. The maximum atomic E-state index is 10.7. The molecule has 15 heavy (non-hydrogen) atoms. The van der Waals surface area contributed by atoms with Crippen LogP contribution in [-0.2, 0) is 17.2 Å². The Morgan fingerprint density at radius 3 is 1.60 bits per heavy atom. The molecule has 2 unspecified atom stereocenters. The molecule has 0 saturated heterocycles. The van der Waals surface area contributed by atoms with E-state index in [0.29, 0.717) is 0 Å². The Labute approximate surface area is 91.4 Å². The minimum atomic E-state index is -1.68. The predicted octanol–water partition coefficient (Wildman–Crippen LogP) is -3.69. The van der Waals surface area contributed by atoms with Crippen LogP contribution in [0.25, 0.3) is 0 Å². The van der Waals surface area contributed by atoms with Crippen LogP contribution in [0.3, 0.4) is 0 Å². The molecule has 0 amide bonds. The van der Waals surface area contributed by atoms with E-state index in [0.717, 1.165) is 0 Å². The van der Waals surface area contributed by atoms with Gasteiger partial charge in [-0.3, -0.25) is 9.59 Å². The molecular weight excluding hydrogens is 227 g/mol. The molecule has 0 saturated carbocycles. The number of aliphatic hydroxyl groups is 4. The van der Waals surface area contributed by atoms with Gasteiger partial charge >= 0.3 is 27.8 Å². The fraction of sp³-hybridized carbons (Fsp3) is 0.667. The molecule has 0 spiro atoms. The Morgan fingerprint density at radius 2 is 1.33 bits per heavy atom. The largest absolute Gasteiger partial charge is 0.885 e. The second-order valence-electron chi connectivity index (χ2n) is 2.37. The van der Waals surface area contributed by atoms with Gasteiger partial charge in [0.1, 0.15) is 0 Å². The Hall–Kier alpha value is -0.688. The van der Waals surface area contributed by atoms with E-state index in [-0.39, 0.29) is 0 Å². The van der Waals surface area contributed by atoms with Gasteiger partial charge in [0.05, 0.1) is 13.2 Å². The van der Waals surface area contributed by atoms with Crippen molar-refractivity contribution in [2.45, 2.75) is 12.2 Å². The fourth-order valence-electron chi connectivity index (χ4n) is 0.425. The normalized spacial score (nSPS) is 13.9. The zero-order valence-electron chi connectivity index (χ0n) is 7.57. The molecule has 0 aromatic heterocycles. The molecule has 0 rings (SSSR count). The van der Waals surface area contributed by atoms with Gasteiger partial charge in [0.25, 0.3) is 0 Å². The molecule has 85 valence electrons. The summed E-state index contributed by atoms with van der Waals surface area (Å²) < 4.78 is 8.52. The maximum absolute atomic E-state index is 10.7. The molecule has 0 aliphatic heterocycles. The fourth-order valence-corrected chi connectivity index (χ4v) is 0.977. The lowest BCUT2D eigenvalue weighted by atomic mass is 10.4. The average molecular weight is 237 g/mol. The summed E-state index contributed by atoms with van der Waals surface area (Å²) >= 11 is -1.54. The van der Waals surface area contributed by atoms with Crippen molar-refractivity contribution in [1.29, 1.82) is 0 Å². The molecule has 0 aliphatic rings. The second kappa shape index (κ2) is 7.58. The summed E-state index contributed by atoms with van der Waals surface area (Å²) in [4.78, 5) is 21.4. The number of hydrogen-bond donors (Lipinski definition) is 4. The third-order valence-corrected chi connectivity index (χ3v) is 1.88. The summed E-state index contributed by atoms with van der Waals surface area (Å²) in [6.07, 6.45) is -3.36. The van der Waals surface area contributed by atoms with Gasteiger partial charge in [-0.2, -0.15) is 0 Å². The highest BCUT2D eigenvalue weighted by atomic mass is 27.2. The van der Waals surface area contributed by atoms with Crippen LogP contribution in [0.1, 0.15) is 0 Å². The Kier molecular flexibility index (Phi) is 7.24. The minimum Gasteiger partial charge on any atom is -0.587 e. The molecule has 4 N–H and O–H groups in total. The molecule has 0 heterocycles. The smallest absolute Gasteiger partial charge is 0.587 e. The lowest BCUT2D eigenvalue weighted by Gasteiger charge is -2.10. The Balaban J connectivity index is 3.70. The van der Waals surface area contributed by atoms with Gasteiger partial charge in [-0.05, 0) is 0 Å².